The van der Waals surface area contributed by atoms with Crippen molar-refractivity contribution in [1.82, 2.24) is 0 Å². The predicted octanol–water partition coefficient (Wildman–Crippen LogP) is 8.12. The minimum atomic E-state index is -6.07. The van der Waals surface area contributed by atoms with Crippen LogP contribution in [0.15, 0.2) is 48.5 Å². The standard InChI is InChI=1S/C18H8F12I2O3/c19-15(20,21)13(16(22,23)24)9-5-1-3-7-11(9)31(33-13)35-32-12-8-4-2-6-10(12)14(34-32,17(25,26)27)18(28,29)30/h1-8H. The van der Waals surface area contributed by atoms with E-state index < -0.39 is 95.5 Å². The molecule has 0 aromatic heterocycles. The first-order chi connectivity index (χ1) is 15.9. The van der Waals surface area contributed by atoms with Crippen LogP contribution in [0, 0.1) is 7.14 Å². The van der Waals surface area contributed by atoms with Gasteiger partial charge in [-0.2, -0.15) is 0 Å². The zero-order chi connectivity index (χ0) is 26.2. The summed E-state index contributed by atoms with van der Waals surface area (Å²) in [5, 5.41) is 0. The van der Waals surface area contributed by atoms with Gasteiger partial charge in [-0.15, -0.1) is 0 Å². The molecule has 196 valence electrons. The monoisotopic (exact) mass is 754 g/mol. The second kappa shape index (κ2) is 8.22. The van der Waals surface area contributed by atoms with Gasteiger partial charge in [0.25, 0.3) is 0 Å². The molecule has 17 heteroatoms. The molecule has 0 unspecified atom stereocenters. The molecular formula is C18H8F12I2O3. The number of rotatable bonds is 2. The third-order valence-electron chi connectivity index (χ3n) is 4.91. The SMILES string of the molecule is FC(F)(F)C1(C(F)(F)F)OI(OI2OC(C(F)(F)F)(C(F)(F)F)c3ccccc32)c2ccccc21. The summed E-state index contributed by atoms with van der Waals surface area (Å²) in [6.07, 6.45) is -24.3. The Labute approximate surface area is 203 Å². The van der Waals surface area contributed by atoms with E-state index in [4.69, 9.17) is 1.40 Å². The fourth-order valence-corrected chi connectivity index (χ4v) is 15.5. The van der Waals surface area contributed by atoms with Crippen molar-refractivity contribution in [3.8, 4) is 0 Å². The number of fused-ring (bicyclic) bond motifs is 2. The summed E-state index contributed by atoms with van der Waals surface area (Å²) in [6, 6.07) is 6.35. The topological polar surface area (TPSA) is 27.7 Å². The maximum atomic E-state index is 13.8. The molecule has 0 saturated heterocycles. The van der Waals surface area contributed by atoms with E-state index >= 15 is 0 Å². The predicted molar refractivity (Wildman–Crippen MR) is 109 cm³/mol. The minimum absolute atomic E-state index is 0.472. The van der Waals surface area contributed by atoms with E-state index in [-0.39, 0.29) is 0 Å². The zero-order valence-electron chi connectivity index (χ0n) is 16.1. The van der Waals surface area contributed by atoms with Gasteiger partial charge in [0.05, 0.1) is 0 Å². The Morgan fingerprint density at radius 3 is 1.09 bits per heavy atom. The molecule has 2 aromatic carbocycles. The fourth-order valence-electron chi connectivity index (χ4n) is 3.38. The molecule has 0 radical (unpaired) electrons. The third kappa shape index (κ3) is 3.81. The van der Waals surface area contributed by atoms with Gasteiger partial charge in [-0.05, 0) is 0 Å². The maximum absolute atomic E-state index is 13.8. The van der Waals surface area contributed by atoms with E-state index in [0.29, 0.717) is 12.1 Å². The van der Waals surface area contributed by atoms with Gasteiger partial charge in [-0.3, -0.25) is 0 Å². The fraction of sp³-hybridized carbons (Fsp3) is 0.333. The van der Waals surface area contributed by atoms with Crippen LogP contribution in [0.4, 0.5) is 52.7 Å². The molecule has 2 aromatic rings. The van der Waals surface area contributed by atoms with Crippen LogP contribution >= 0.6 is 41.3 Å². The van der Waals surface area contributed by atoms with Gasteiger partial charge < -0.3 is 0 Å². The van der Waals surface area contributed by atoms with Gasteiger partial charge in [-0.25, -0.2) is 0 Å². The molecule has 2 aliphatic heterocycles. The van der Waals surface area contributed by atoms with Crippen LogP contribution in [-0.4, -0.2) is 24.7 Å². The third-order valence-corrected chi connectivity index (χ3v) is 15.5. The van der Waals surface area contributed by atoms with Gasteiger partial charge in [-0.1, -0.05) is 0 Å². The first-order valence-electron chi connectivity index (χ1n) is 8.83. The van der Waals surface area contributed by atoms with Gasteiger partial charge in [0.2, 0.25) is 0 Å². The van der Waals surface area contributed by atoms with E-state index in [0.717, 1.165) is 36.4 Å². The van der Waals surface area contributed by atoms with Crippen molar-refractivity contribution in [2.75, 3.05) is 0 Å². The first kappa shape index (κ1) is 27.0. The van der Waals surface area contributed by atoms with E-state index in [1.165, 1.54) is 0 Å². The van der Waals surface area contributed by atoms with Crippen molar-refractivity contribution in [3.63, 3.8) is 0 Å². The zero-order valence-corrected chi connectivity index (χ0v) is 20.5. The molecule has 0 aliphatic carbocycles. The molecule has 4 rings (SSSR count). The molecule has 2 heterocycles. The van der Waals surface area contributed by atoms with Crippen LogP contribution in [-0.2, 0) is 18.7 Å². The van der Waals surface area contributed by atoms with Crippen LogP contribution in [0.5, 0.6) is 0 Å². The molecule has 0 spiro atoms. The van der Waals surface area contributed by atoms with Gasteiger partial charge in [0.1, 0.15) is 0 Å². The Balaban J connectivity index is 1.83. The van der Waals surface area contributed by atoms with E-state index in [9.17, 15) is 52.7 Å². The Kier molecular flexibility index (Phi) is 6.34. The molecule has 3 nitrogen and oxygen atoms in total. The molecule has 0 fully saturated rings. The average molecular weight is 754 g/mol. The van der Waals surface area contributed by atoms with Gasteiger partial charge in [0.15, 0.2) is 0 Å². The molecule has 2 aliphatic rings. The second-order valence-corrected chi connectivity index (χ2v) is 15.2. The first-order valence-corrected chi connectivity index (χ1v) is 14.5. The Hall–Kier alpha value is -1.06. The number of hydrogen-bond acceptors (Lipinski definition) is 3. The summed E-state index contributed by atoms with van der Waals surface area (Å²) in [4.78, 5) is 0. The van der Waals surface area contributed by atoms with E-state index in [1.54, 1.807) is 0 Å². The van der Waals surface area contributed by atoms with Crippen LogP contribution in [0.25, 0.3) is 0 Å². The van der Waals surface area contributed by atoms with Gasteiger partial charge in [0, 0.05) is 0 Å². The van der Waals surface area contributed by atoms with Crippen LogP contribution in [0.3, 0.4) is 0 Å². The molecule has 0 N–H and O–H groups in total. The molecule has 0 atom stereocenters. The number of halogens is 14. The normalized spacial score (nSPS) is 21.7. The summed E-state index contributed by atoms with van der Waals surface area (Å²) in [6.45, 7) is 0. The molecular weight excluding hydrogens is 746 g/mol. The summed E-state index contributed by atoms with van der Waals surface area (Å²) in [5.41, 5.74) is -12.5. The van der Waals surface area contributed by atoms with Crippen molar-refractivity contribution in [1.29, 1.82) is 0 Å². The van der Waals surface area contributed by atoms with Gasteiger partial charge >= 0.3 is 204 Å². The summed E-state index contributed by atoms with van der Waals surface area (Å²) < 4.78 is 178. The van der Waals surface area contributed by atoms with Crippen molar-refractivity contribution < 1.29 is 60.2 Å². The average Bonchev–Trinajstić information content (AvgIpc) is 3.23. The van der Waals surface area contributed by atoms with Crippen molar-refractivity contribution in [2.24, 2.45) is 0 Å². The number of hydrogen-bond donors (Lipinski definition) is 0. The summed E-state index contributed by atoms with van der Waals surface area (Å²) in [5.74, 6) is 0. The molecule has 0 saturated carbocycles. The van der Waals surface area contributed by atoms with Crippen molar-refractivity contribution in [2.45, 2.75) is 35.9 Å². The molecule has 0 amide bonds. The van der Waals surface area contributed by atoms with E-state index in [1.807, 2.05) is 0 Å². The number of alkyl halides is 12. The molecule has 0 bridgehead atoms. The van der Waals surface area contributed by atoms with Crippen LogP contribution < -0.4 is 0 Å². The number of benzene rings is 2. The van der Waals surface area contributed by atoms with Crippen molar-refractivity contribution >= 4 is 41.3 Å². The summed E-state index contributed by atoms with van der Waals surface area (Å²) in [7, 11) is 0. The second-order valence-electron chi connectivity index (χ2n) is 6.96. The summed E-state index contributed by atoms with van der Waals surface area (Å²) >= 11 is -9.28. The Morgan fingerprint density at radius 1 is 0.514 bits per heavy atom. The molecule has 35 heavy (non-hydrogen) atoms. The van der Waals surface area contributed by atoms with Crippen LogP contribution in [0.1, 0.15) is 11.1 Å². The van der Waals surface area contributed by atoms with Crippen LogP contribution in [0.2, 0.25) is 0 Å². The van der Waals surface area contributed by atoms with Crippen molar-refractivity contribution in [3.05, 3.63) is 66.8 Å². The quantitative estimate of drug-likeness (QED) is 0.229. The Morgan fingerprint density at radius 2 is 0.800 bits per heavy atom. The Bertz CT molecular complexity index is 1010. The van der Waals surface area contributed by atoms with E-state index in [2.05, 4.69) is 6.13 Å².